The number of nitrogens with zero attached hydrogens (tertiary/aromatic N) is 5. The van der Waals surface area contributed by atoms with E-state index in [1.807, 2.05) is 0 Å². The van der Waals surface area contributed by atoms with Crippen LogP contribution >= 0.6 is 0 Å². The third-order valence-electron chi connectivity index (χ3n) is 2.61. The molecule has 0 saturated heterocycles. The van der Waals surface area contributed by atoms with Crippen molar-refractivity contribution in [2.45, 2.75) is 34.2 Å². The van der Waals surface area contributed by atoms with Crippen LogP contribution < -0.4 is 0 Å². The standard InChI is InChI=1S/C13H17N5O2/c1-8-5-9(12(19)20)6-14-10(8)11-15-17-18(16-11)7-13(2,3)4/h5-6H,7H2,1-4H3,(H,19,20). The summed E-state index contributed by atoms with van der Waals surface area (Å²) < 4.78 is 0. The Morgan fingerprint density at radius 3 is 2.65 bits per heavy atom. The van der Waals surface area contributed by atoms with Crippen LogP contribution in [0.5, 0.6) is 0 Å². The third kappa shape index (κ3) is 3.17. The fourth-order valence-electron chi connectivity index (χ4n) is 1.76. The van der Waals surface area contributed by atoms with Crippen molar-refractivity contribution >= 4 is 5.97 Å². The van der Waals surface area contributed by atoms with Gasteiger partial charge in [-0.15, -0.1) is 10.2 Å². The van der Waals surface area contributed by atoms with E-state index in [2.05, 4.69) is 41.2 Å². The molecule has 2 heterocycles. The van der Waals surface area contributed by atoms with E-state index in [1.54, 1.807) is 13.0 Å². The van der Waals surface area contributed by atoms with E-state index in [0.717, 1.165) is 0 Å². The number of hydrogen-bond donors (Lipinski definition) is 1. The number of aryl methyl sites for hydroxylation is 1. The van der Waals surface area contributed by atoms with Crippen LogP contribution in [0.4, 0.5) is 0 Å². The van der Waals surface area contributed by atoms with E-state index in [9.17, 15) is 4.79 Å². The Labute approximate surface area is 116 Å². The average molecular weight is 275 g/mol. The maximum atomic E-state index is 10.9. The first-order valence-electron chi connectivity index (χ1n) is 6.24. The lowest BCUT2D eigenvalue weighted by atomic mass is 9.97. The van der Waals surface area contributed by atoms with Crippen LogP contribution in [0, 0.1) is 12.3 Å². The molecule has 0 unspecified atom stereocenters. The zero-order chi connectivity index (χ0) is 14.9. The van der Waals surface area contributed by atoms with E-state index >= 15 is 0 Å². The van der Waals surface area contributed by atoms with E-state index in [1.165, 1.54) is 11.0 Å². The molecule has 0 aliphatic heterocycles. The van der Waals surface area contributed by atoms with Gasteiger partial charge in [0, 0.05) is 6.20 Å². The molecule has 0 spiro atoms. The van der Waals surface area contributed by atoms with Gasteiger partial charge < -0.3 is 5.11 Å². The zero-order valence-corrected chi connectivity index (χ0v) is 12.0. The highest BCUT2D eigenvalue weighted by Gasteiger charge is 2.16. The molecule has 20 heavy (non-hydrogen) atoms. The Bertz CT molecular complexity index is 642. The van der Waals surface area contributed by atoms with Gasteiger partial charge in [0.2, 0.25) is 5.82 Å². The second kappa shape index (κ2) is 4.99. The van der Waals surface area contributed by atoms with Gasteiger partial charge in [-0.3, -0.25) is 4.98 Å². The summed E-state index contributed by atoms with van der Waals surface area (Å²) in [6.45, 7) is 8.68. The van der Waals surface area contributed by atoms with Crippen LogP contribution in [0.15, 0.2) is 12.3 Å². The molecule has 106 valence electrons. The molecule has 2 aromatic heterocycles. The summed E-state index contributed by atoms with van der Waals surface area (Å²) in [4.78, 5) is 16.5. The highest BCUT2D eigenvalue weighted by atomic mass is 16.4. The molecule has 0 fully saturated rings. The van der Waals surface area contributed by atoms with Crippen LogP contribution in [-0.4, -0.2) is 36.3 Å². The summed E-state index contributed by atoms with van der Waals surface area (Å²) in [5, 5.41) is 21.2. The molecule has 7 heteroatoms. The fourth-order valence-corrected chi connectivity index (χ4v) is 1.76. The highest BCUT2D eigenvalue weighted by molar-refractivity contribution is 5.87. The molecule has 0 radical (unpaired) electrons. The Morgan fingerprint density at radius 1 is 1.40 bits per heavy atom. The van der Waals surface area contributed by atoms with Crippen LogP contribution in [-0.2, 0) is 6.54 Å². The predicted molar refractivity (Wildman–Crippen MR) is 72.2 cm³/mol. The fraction of sp³-hybridized carbons (Fsp3) is 0.462. The number of pyridine rings is 1. The number of aromatic carboxylic acids is 1. The molecular formula is C13H17N5O2. The number of carboxylic acids is 1. The first kappa shape index (κ1) is 14.1. The van der Waals surface area contributed by atoms with E-state index < -0.39 is 5.97 Å². The smallest absolute Gasteiger partial charge is 0.337 e. The Kier molecular flexibility index (Phi) is 3.52. The predicted octanol–water partition coefficient (Wildman–Crippen LogP) is 1.79. The molecule has 7 nitrogen and oxygen atoms in total. The SMILES string of the molecule is Cc1cc(C(=O)O)cnc1-c1nnn(CC(C)(C)C)n1. The summed E-state index contributed by atoms with van der Waals surface area (Å²) in [5.74, 6) is -0.597. The Hall–Kier alpha value is -2.31. The van der Waals surface area contributed by atoms with Gasteiger partial charge >= 0.3 is 5.97 Å². The third-order valence-corrected chi connectivity index (χ3v) is 2.61. The molecule has 0 aromatic carbocycles. The van der Waals surface area contributed by atoms with Crippen LogP contribution in [0.3, 0.4) is 0 Å². The maximum Gasteiger partial charge on any atom is 0.337 e. The zero-order valence-electron chi connectivity index (χ0n) is 12.0. The monoisotopic (exact) mass is 275 g/mol. The maximum absolute atomic E-state index is 10.9. The van der Waals surface area contributed by atoms with Crippen LogP contribution in [0.25, 0.3) is 11.5 Å². The lowest BCUT2D eigenvalue weighted by molar-refractivity contribution is 0.0696. The molecule has 2 rings (SSSR count). The summed E-state index contributed by atoms with van der Waals surface area (Å²) in [7, 11) is 0. The van der Waals surface area contributed by atoms with E-state index in [4.69, 9.17) is 5.11 Å². The van der Waals surface area contributed by atoms with E-state index in [-0.39, 0.29) is 11.0 Å². The van der Waals surface area contributed by atoms with Gasteiger partial charge in [-0.05, 0) is 29.2 Å². The second-order valence-electron chi connectivity index (χ2n) is 5.90. The first-order valence-corrected chi connectivity index (χ1v) is 6.24. The molecule has 0 aliphatic rings. The van der Waals surface area contributed by atoms with Crippen LogP contribution in [0.1, 0.15) is 36.7 Å². The number of tetrazole rings is 1. The number of carboxylic acid groups (broad SMARTS) is 1. The Balaban J connectivity index is 2.31. The van der Waals surface area contributed by atoms with Crippen molar-refractivity contribution in [3.05, 3.63) is 23.4 Å². The highest BCUT2D eigenvalue weighted by Crippen LogP contribution is 2.19. The van der Waals surface area contributed by atoms with Crippen LogP contribution in [0.2, 0.25) is 0 Å². The summed E-state index contributed by atoms with van der Waals surface area (Å²) >= 11 is 0. The molecule has 1 N–H and O–H groups in total. The lowest BCUT2D eigenvalue weighted by Gasteiger charge is -2.15. The molecule has 2 aromatic rings. The molecule has 0 atom stereocenters. The van der Waals surface area contributed by atoms with Gasteiger partial charge in [0.05, 0.1) is 12.1 Å². The first-order chi connectivity index (χ1) is 9.26. The van der Waals surface area contributed by atoms with Crippen molar-refractivity contribution in [1.82, 2.24) is 25.2 Å². The van der Waals surface area contributed by atoms with Gasteiger partial charge in [-0.25, -0.2) is 4.79 Å². The lowest BCUT2D eigenvalue weighted by Crippen LogP contribution is -2.17. The normalized spacial score (nSPS) is 11.6. The van der Waals surface area contributed by atoms with Gasteiger partial charge in [-0.1, -0.05) is 20.8 Å². The summed E-state index contributed by atoms with van der Waals surface area (Å²) in [6, 6.07) is 1.55. The number of rotatable bonds is 3. The van der Waals surface area contributed by atoms with Crippen molar-refractivity contribution in [2.75, 3.05) is 0 Å². The van der Waals surface area contributed by atoms with Gasteiger partial charge in [0.1, 0.15) is 5.69 Å². The second-order valence-corrected chi connectivity index (χ2v) is 5.90. The van der Waals surface area contributed by atoms with Crippen molar-refractivity contribution in [2.24, 2.45) is 5.41 Å². The Morgan fingerprint density at radius 2 is 2.10 bits per heavy atom. The van der Waals surface area contributed by atoms with Crippen molar-refractivity contribution in [1.29, 1.82) is 0 Å². The average Bonchev–Trinajstić information content (AvgIpc) is 2.74. The summed E-state index contributed by atoms with van der Waals surface area (Å²) in [6.07, 6.45) is 1.30. The van der Waals surface area contributed by atoms with Gasteiger partial charge in [0.15, 0.2) is 0 Å². The minimum Gasteiger partial charge on any atom is -0.478 e. The van der Waals surface area contributed by atoms with Gasteiger partial charge in [-0.2, -0.15) is 4.80 Å². The quantitative estimate of drug-likeness (QED) is 0.917. The summed E-state index contributed by atoms with van der Waals surface area (Å²) in [5.41, 5.74) is 1.46. The van der Waals surface area contributed by atoms with Crippen molar-refractivity contribution in [3.63, 3.8) is 0 Å². The molecule has 0 amide bonds. The molecular weight excluding hydrogens is 258 g/mol. The van der Waals surface area contributed by atoms with E-state index in [0.29, 0.717) is 23.6 Å². The molecule has 0 aliphatic carbocycles. The minimum atomic E-state index is -1.00. The van der Waals surface area contributed by atoms with Crippen molar-refractivity contribution in [3.8, 4) is 11.5 Å². The topological polar surface area (TPSA) is 93.8 Å². The van der Waals surface area contributed by atoms with Crippen molar-refractivity contribution < 1.29 is 9.90 Å². The number of aromatic nitrogens is 5. The number of carbonyl (C=O) groups is 1. The molecule has 0 bridgehead atoms. The largest absolute Gasteiger partial charge is 0.478 e. The number of hydrogen-bond acceptors (Lipinski definition) is 5. The molecule has 0 saturated carbocycles. The minimum absolute atomic E-state index is 0.0492. The van der Waals surface area contributed by atoms with Gasteiger partial charge in [0.25, 0.3) is 0 Å².